The van der Waals surface area contributed by atoms with Crippen LogP contribution in [0.3, 0.4) is 0 Å². The summed E-state index contributed by atoms with van der Waals surface area (Å²) in [6.07, 6.45) is 1.75. The summed E-state index contributed by atoms with van der Waals surface area (Å²) in [5.74, 6) is -2.35. The molecule has 2 heterocycles. The van der Waals surface area contributed by atoms with Gasteiger partial charge in [-0.05, 0) is 72.5 Å². The Balaban J connectivity index is 1.54. The predicted molar refractivity (Wildman–Crippen MR) is 144 cm³/mol. The second-order valence-electron chi connectivity index (χ2n) is 8.86. The molecule has 4 nitrogen and oxygen atoms in total. The van der Waals surface area contributed by atoms with E-state index in [-0.39, 0.29) is 12.3 Å². The number of carbonyl (C=O) groups is 1. The van der Waals surface area contributed by atoms with Crippen molar-refractivity contribution in [2.24, 2.45) is 0 Å². The summed E-state index contributed by atoms with van der Waals surface area (Å²) < 4.78 is 32.4. The molecule has 5 aromatic rings. The monoisotopic (exact) mass is 522 g/mol. The van der Waals surface area contributed by atoms with Crippen LogP contribution in [-0.2, 0) is 11.2 Å². The number of thiazole rings is 1. The Bertz CT molecular complexity index is 1510. The Hall–Kier alpha value is -3.23. The number of fused-ring (bicyclic) bond motifs is 2. The molecular formula is C28H24F2N2O2S2. The lowest BCUT2D eigenvalue weighted by Gasteiger charge is -2.20. The Labute approximate surface area is 215 Å². The van der Waals surface area contributed by atoms with Gasteiger partial charge in [-0.1, -0.05) is 49.1 Å². The van der Waals surface area contributed by atoms with Crippen molar-refractivity contribution in [1.29, 1.82) is 0 Å². The summed E-state index contributed by atoms with van der Waals surface area (Å²) >= 11 is 1.89. The number of aromatic nitrogens is 1. The molecule has 0 radical (unpaired) electrons. The fourth-order valence-corrected chi connectivity index (χ4v) is 5.84. The van der Waals surface area contributed by atoms with Gasteiger partial charge in [0, 0.05) is 15.8 Å². The zero-order valence-electron chi connectivity index (χ0n) is 20.0. The Kier molecular flexibility index (Phi) is 6.81. The molecule has 0 unspecified atom stereocenters. The van der Waals surface area contributed by atoms with Crippen LogP contribution in [0.15, 0.2) is 76.2 Å². The molecular weight excluding hydrogens is 498 g/mol. The number of aryl methyl sites for hydroxylation is 1. The lowest BCUT2D eigenvalue weighted by molar-refractivity contribution is -0.117. The van der Waals surface area contributed by atoms with E-state index < -0.39 is 5.76 Å². The van der Waals surface area contributed by atoms with E-state index in [4.69, 9.17) is 9.40 Å². The normalized spacial score (nSPS) is 11.8. The van der Waals surface area contributed by atoms with Crippen LogP contribution < -0.4 is 4.90 Å². The summed E-state index contributed by atoms with van der Waals surface area (Å²) in [5, 5.41) is 1.45. The van der Waals surface area contributed by atoms with Crippen LogP contribution in [0, 0.1) is 6.92 Å². The highest BCUT2D eigenvalue weighted by atomic mass is 32.2. The number of thioether (sulfide) groups is 1. The standard InChI is InChI=1S/C28H24F2N2O2S2/c1-16(2)21-14-22-18(15-34-24(22)12-17(21)3)13-26(33)32(19-8-10-20(11-9-19)35-27(29)30)28-31-23-6-4-5-7-25(23)36-28/h4-12,14-16,27H,13H2,1-3H3. The van der Waals surface area contributed by atoms with Gasteiger partial charge in [-0.2, -0.15) is 8.78 Å². The van der Waals surface area contributed by atoms with Gasteiger partial charge in [0.05, 0.1) is 28.6 Å². The molecule has 0 saturated carbocycles. The SMILES string of the molecule is Cc1cc2occ(CC(=O)N(c3ccc(SC(F)F)cc3)c3nc4ccccc4s3)c2cc1C(C)C. The van der Waals surface area contributed by atoms with E-state index in [2.05, 4.69) is 26.8 Å². The van der Waals surface area contributed by atoms with Crippen molar-refractivity contribution < 1.29 is 18.0 Å². The zero-order chi connectivity index (χ0) is 25.4. The average molecular weight is 523 g/mol. The third-order valence-electron chi connectivity index (χ3n) is 6.05. The van der Waals surface area contributed by atoms with Crippen molar-refractivity contribution in [3.8, 4) is 0 Å². The van der Waals surface area contributed by atoms with Gasteiger partial charge in [0.25, 0.3) is 5.76 Å². The third-order valence-corrected chi connectivity index (χ3v) is 7.79. The lowest BCUT2D eigenvalue weighted by Crippen LogP contribution is -2.27. The average Bonchev–Trinajstić information content (AvgIpc) is 3.43. The maximum Gasteiger partial charge on any atom is 0.288 e. The number of nitrogens with zero attached hydrogens (tertiary/aromatic N) is 2. The van der Waals surface area contributed by atoms with E-state index in [0.29, 0.717) is 33.4 Å². The number of anilines is 2. The number of halogens is 2. The van der Waals surface area contributed by atoms with Crippen LogP contribution in [0.1, 0.15) is 36.5 Å². The summed E-state index contributed by atoms with van der Waals surface area (Å²) in [4.78, 5) is 20.5. The van der Waals surface area contributed by atoms with Crippen LogP contribution in [0.4, 0.5) is 19.6 Å². The minimum atomic E-state index is -2.51. The summed E-state index contributed by atoms with van der Waals surface area (Å²) in [6, 6.07) is 18.4. The van der Waals surface area contributed by atoms with Crippen molar-refractivity contribution in [1.82, 2.24) is 4.98 Å². The van der Waals surface area contributed by atoms with Gasteiger partial charge in [0.2, 0.25) is 5.91 Å². The van der Waals surface area contributed by atoms with Gasteiger partial charge in [-0.3, -0.25) is 9.69 Å². The van der Waals surface area contributed by atoms with Gasteiger partial charge in [0.15, 0.2) is 5.13 Å². The van der Waals surface area contributed by atoms with Crippen LogP contribution in [-0.4, -0.2) is 16.6 Å². The topological polar surface area (TPSA) is 46.3 Å². The molecule has 0 N–H and O–H groups in total. The van der Waals surface area contributed by atoms with Gasteiger partial charge in [-0.25, -0.2) is 4.98 Å². The fraction of sp³-hybridized carbons (Fsp3) is 0.214. The second kappa shape index (κ2) is 10.0. The Morgan fingerprint density at radius 1 is 1.11 bits per heavy atom. The van der Waals surface area contributed by atoms with E-state index in [1.807, 2.05) is 30.3 Å². The molecule has 0 aliphatic carbocycles. The molecule has 0 saturated heterocycles. The molecule has 0 spiro atoms. The second-order valence-corrected chi connectivity index (χ2v) is 10.9. The number of carbonyl (C=O) groups excluding carboxylic acids is 1. The number of furan rings is 1. The molecule has 0 bridgehead atoms. The Morgan fingerprint density at radius 3 is 2.56 bits per heavy atom. The van der Waals surface area contributed by atoms with Gasteiger partial charge >= 0.3 is 0 Å². The van der Waals surface area contributed by atoms with Crippen LogP contribution in [0.5, 0.6) is 0 Å². The number of alkyl halides is 2. The molecule has 184 valence electrons. The molecule has 0 atom stereocenters. The first-order valence-electron chi connectivity index (χ1n) is 11.5. The number of rotatable bonds is 7. The molecule has 1 amide bonds. The van der Waals surface area contributed by atoms with Crippen LogP contribution >= 0.6 is 23.1 Å². The van der Waals surface area contributed by atoms with E-state index in [9.17, 15) is 13.6 Å². The zero-order valence-corrected chi connectivity index (χ0v) is 21.6. The largest absolute Gasteiger partial charge is 0.464 e. The van der Waals surface area contributed by atoms with Crippen molar-refractivity contribution >= 4 is 61.0 Å². The first-order valence-corrected chi connectivity index (χ1v) is 13.2. The van der Waals surface area contributed by atoms with Crippen LogP contribution in [0.2, 0.25) is 0 Å². The highest BCUT2D eigenvalue weighted by Gasteiger charge is 2.24. The highest BCUT2D eigenvalue weighted by molar-refractivity contribution is 7.99. The number of benzene rings is 3. The summed E-state index contributed by atoms with van der Waals surface area (Å²) in [6.45, 7) is 6.35. The van der Waals surface area contributed by atoms with Gasteiger partial charge < -0.3 is 4.42 Å². The first-order chi connectivity index (χ1) is 17.3. The van der Waals surface area contributed by atoms with Crippen LogP contribution in [0.25, 0.3) is 21.2 Å². The molecule has 0 fully saturated rings. The van der Waals surface area contributed by atoms with Crippen molar-refractivity contribution in [3.05, 3.63) is 83.6 Å². The number of hydrogen-bond acceptors (Lipinski definition) is 5. The van der Waals surface area contributed by atoms with E-state index in [1.165, 1.54) is 16.9 Å². The number of hydrogen-bond donors (Lipinski definition) is 0. The lowest BCUT2D eigenvalue weighted by atomic mass is 9.95. The van der Waals surface area contributed by atoms with Crippen molar-refractivity contribution in [2.75, 3.05) is 4.90 Å². The molecule has 2 aromatic heterocycles. The maximum atomic E-state index is 13.8. The van der Waals surface area contributed by atoms with Gasteiger partial charge in [0.1, 0.15) is 5.58 Å². The summed E-state index contributed by atoms with van der Waals surface area (Å²) in [7, 11) is 0. The quantitative estimate of drug-likeness (QED) is 0.201. The molecule has 8 heteroatoms. The summed E-state index contributed by atoms with van der Waals surface area (Å²) in [5.41, 5.74) is 5.29. The number of amides is 1. The van der Waals surface area contributed by atoms with E-state index in [0.717, 1.165) is 32.3 Å². The van der Waals surface area contributed by atoms with Crippen molar-refractivity contribution in [3.63, 3.8) is 0 Å². The van der Waals surface area contributed by atoms with E-state index in [1.54, 1.807) is 35.4 Å². The maximum absolute atomic E-state index is 13.8. The minimum Gasteiger partial charge on any atom is -0.464 e. The number of para-hydroxylation sites is 1. The van der Waals surface area contributed by atoms with Gasteiger partial charge in [-0.15, -0.1) is 0 Å². The smallest absolute Gasteiger partial charge is 0.288 e. The predicted octanol–water partition coefficient (Wildman–Crippen LogP) is 8.70. The van der Waals surface area contributed by atoms with E-state index >= 15 is 0 Å². The van der Waals surface area contributed by atoms with Crippen molar-refractivity contribution in [2.45, 2.75) is 43.8 Å². The molecule has 5 rings (SSSR count). The first kappa shape index (κ1) is 24.5. The minimum absolute atomic E-state index is 0.108. The fourth-order valence-electron chi connectivity index (χ4n) is 4.34. The third kappa shape index (κ3) is 4.88. The molecule has 3 aromatic carbocycles. The molecule has 36 heavy (non-hydrogen) atoms. The highest BCUT2D eigenvalue weighted by Crippen LogP contribution is 2.36. The molecule has 0 aliphatic heterocycles. The Morgan fingerprint density at radius 2 is 1.86 bits per heavy atom. The molecule has 0 aliphatic rings.